The van der Waals surface area contributed by atoms with Gasteiger partial charge in [0.25, 0.3) is 0 Å². The van der Waals surface area contributed by atoms with Crippen LogP contribution in [0.3, 0.4) is 0 Å². The van der Waals surface area contributed by atoms with Gasteiger partial charge in [-0.05, 0) is 18.1 Å². The van der Waals surface area contributed by atoms with E-state index in [1.165, 1.54) is 4.80 Å². The second-order valence-corrected chi connectivity index (χ2v) is 4.10. The van der Waals surface area contributed by atoms with Gasteiger partial charge in [-0.3, -0.25) is 0 Å². The minimum Gasteiger partial charge on any atom is -0.389 e. The Morgan fingerprint density at radius 3 is 2.27 bits per heavy atom. The summed E-state index contributed by atoms with van der Waals surface area (Å²) in [4.78, 5) is 1.42. The second kappa shape index (κ2) is 5.21. The Balaban J connectivity index is 2.65. The molecule has 1 N–H and O–H groups in total. The Morgan fingerprint density at radius 1 is 1.27 bits per heavy atom. The summed E-state index contributed by atoms with van der Waals surface area (Å²) in [6, 6.07) is 0. The van der Waals surface area contributed by atoms with Crippen LogP contribution in [0.15, 0.2) is 0 Å². The summed E-state index contributed by atoms with van der Waals surface area (Å²) in [7, 11) is 1.73. The van der Waals surface area contributed by atoms with Crippen LogP contribution in [0.1, 0.15) is 45.4 Å². The summed E-state index contributed by atoms with van der Waals surface area (Å²) in [6.45, 7) is 4.15. The topological polar surface area (TPSA) is 63.8 Å². The van der Waals surface area contributed by atoms with Crippen molar-refractivity contribution in [2.45, 2.75) is 51.6 Å². The number of hydrogen-bond donors (Lipinski definition) is 1. The summed E-state index contributed by atoms with van der Waals surface area (Å²) < 4.78 is 0. The van der Waals surface area contributed by atoms with Crippen LogP contribution >= 0.6 is 0 Å². The molecular formula is C10H20N4O. The van der Waals surface area contributed by atoms with E-state index >= 15 is 0 Å². The SMILES string of the molecule is CCCC(O)(CCC)Cc1nnn(C)n1. The number of aromatic nitrogens is 4. The molecule has 0 fully saturated rings. The van der Waals surface area contributed by atoms with Gasteiger partial charge in [-0.25, -0.2) is 0 Å². The molecule has 15 heavy (non-hydrogen) atoms. The Kier molecular flexibility index (Phi) is 4.20. The first kappa shape index (κ1) is 12.1. The number of aryl methyl sites for hydroxylation is 1. The van der Waals surface area contributed by atoms with Crippen molar-refractivity contribution in [2.75, 3.05) is 0 Å². The third kappa shape index (κ3) is 3.58. The average molecular weight is 212 g/mol. The maximum atomic E-state index is 10.4. The van der Waals surface area contributed by atoms with Gasteiger partial charge in [0, 0.05) is 6.42 Å². The van der Waals surface area contributed by atoms with E-state index in [0.717, 1.165) is 25.7 Å². The number of aliphatic hydroxyl groups is 1. The molecule has 0 saturated carbocycles. The van der Waals surface area contributed by atoms with E-state index < -0.39 is 5.60 Å². The van der Waals surface area contributed by atoms with Crippen molar-refractivity contribution in [3.63, 3.8) is 0 Å². The molecule has 0 saturated heterocycles. The van der Waals surface area contributed by atoms with Gasteiger partial charge in [0.15, 0.2) is 5.82 Å². The molecular weight excluding hydrogens is 192 g/mol. The van der Waals surface area contributed by atoms with E-state index in [1.807, 2.05) is 0 Å². The first-order chi connectivity index (χ1) is 7.09. The molecule has 1 aromatic rings. The predicted molar refractivity (Wildman–Crippen MR) is 57.3 cm³/mol. The van der Waals surface area contributed by atoms with E-state index in [9.17, 15) is 5.11 Å². The summed E-state index contributed by atoms with van der Waals surface area (Å²) in [6.07, 6.45) is 4.02. The normalized spacial score (nSPS) is 12.0. The van der Waals surface area contributed by atoms with Gasteiger partial charge < -0.3 is 5.11 Å². The Hall–Kier alpha value is -0.970. The zero-order chi connectivity index (χ0) is 11.3. The van der Waals surface area contributed by atoms with Crippen LogP contribution in [0.4, 0.5) is 0 Å². The number of hydrogen-bond acceptors (Lipinski definition) is 4. The Morgan fingerprint density at radius 2 is 1.87 bits per heavy atom. The van der Waals surface area contributed by atoms with Crippen molar-refractivity contribution >= 4 is 0 Å². The molecule has 0 amide bonds. The fourth-order valence-corrected chi connectivity index (χ4v) is 1.92. The van der Waals surface area contributed by atoms with Crippen LogP contribution in [0.25, 0.3) is 0 Å². The van der Waals surface area contributed by atoms with Crippen molar-refractivity contribution in [3.05, 3.63) is 5.82 Å². The van der Waals surface area contributed by atoms with E-state index in [4.69, 9.17) is 0 Å². The highest BCUT2D eigenvalue weighted by molar-refractivity contribution is 4.90. The molecule has 1 aromatic heterocycles. The van der Waals surface area contributed by atoms with Crippen molar-refractivity contribution in [3.8, 4) is 0 Å². The second-order valence-electron chi connectivity index (χ2n) is 4.10. The van der Waals surface area contributed by atoms with Crippen LogP contribution in [0.5, 0.6) is 0 Å². The molecule has 0 aliphatic heterocycles. The van der Waals surface area contributed by atoms with Gasteiger partial charge in [-0.2, -0.15) is 4.80 Å². The molecule has 0 unspecified atom stereocenters. The fraction of sp³-hybridized carbons (Fsp3) is 0.900. The van der Waals surface area contributed by atoms with Crippen LogP contribution < -0.4 is 0 Å². The van der Waals surface area contributed by atoms with E-state index in [-0.39, 0.29) is 0 Å². The van der Waals surface area contributed by atoms with Crippen LogP contribution in [0, 0.1) is 0 Å². The van der Waals surface area contributed by atoms with Crippen LogP contribution in [0.2, 0.25) is 0 Å². The molecule has 0 atom stereocenters. The standard InChI is InChI=1S/C10H20N4O/c1-4-6-10(15,7-5-2)8-9-11-13-14(3)12-9/h15H,4-8H2,1-3H3. The summed E-state index contributed by atoms with van der Waals surface area (Å²) >= 11 is 0. The third-order valence-corrected chi connectivity index (χ3v) is 2.47. The molecule has 5 heteroatoms. The van der Waals surface area contributed by atoms with Crippen molar-refractivity contribution in [2.24, 2.45) is 7.05 Å². The van der Waals surface area contributed by atoms with Gasteiger partial charge >= 0.3 is 0 Å². The average Bonchev–Trinajstić information content (AvgIpc) is 2.51. The Labute approximate surface area is 90.5 Å². The lowest BCUT2D eigenvalue weighted by Gasteiger charge is -2.25. The fourth-order valence-electron chi connectivity index (χ4n) is 1.92. The quantitative estimate of drug-likeness (QED) is 0.766. The minimum atomic E-state index is -0.660. The maximum Gasteiger partial charge on any atom is 0.177 e. The van der Waals surface area contributed by atoms with Crippen LogP contribution in [-0.2, 0) is 13.5 Å². The molecule has 0 aliphatic rings. The zero-order valence-electron chi connectivity index (χ0n) is 9.77. The van der Waals surface area contributed by atoms with Gasteiger partial charge in [0.05, 0.1) is 12.6 Å². The maximum absolute atomic E-state index is 10.4. The minimum absolute atomic E-state index is 0.502. The summed E-state index contributed by atoms with van der Waals surface area (Å²) in [5.41, 5.74) is -0.660. The van der Waals surface area contributed by atoms with Crippen molar-refractivity contribution in [1.82, 2.24) is 20.2 Å². The molecule has 1 rings (SSSR count). The van der Waals surface area contributed by atoms with Gasteiger partial charge in [-0.15, -0.1) is 10.2 Å². The number of rotatable bonds is 6. The molecule has 0 bridgehead atoms. The van der Waals surface area contributed by atoms with Gasteiger partial charge in [0.1, 0.15) is 0 Å². The zero-order valence-corrected chi connectivity index (χ0v) is 9.77. The first-order valence-corrected chi connectivity index (χ1v) is 5.55. The molecule has 0 radical (unpaired) electrons. The van der Waals surface area contributed by atoms with Crippen molar-refractivity contribution < 1.29 is 5.11 Å². The molecule has 0 aliphatic carbocycles. The number of tetrazole rings is 1. The van der Waals surface area contributed by atoms with Gasteiger partial charge in [-0.1, -0.05) is 26.7 Å². The van der Waals surface area contributed by atoms with E-state index in [1.54, 1.807) is 7.05 Å². The lowest BCUT2D eigenvalue weighted by atomic mass is 9.89. The van der Waals surface area contributed by atoms with E-state index in [2.05, 4.69) is 29.3 Å². The molecule has 0 aromatic carbocycles. The highest BCUT2D eigenvalue weighted by Gasteiger charge is 2.27. The Bertz CT molecular complexity index is 291. The highest BCUT2D eigenvalue weighted by Crippen LogP contribution is 2.22. The molecule has 86 valence electrons. The monoisotopic (exact) mass is 212 g/mol. The molecule has 0 spiro atoms. The number of nitrogens with zero attached hydrogens (tertiary/aromatic N) is 4. The first-order valence-electron chi connectivity index (χ1n) is 5.55. The molecule has 5 nitrogen and oxygen atoms in total. The van der Waals surface area contributed by atoms with Gasteiger partial charge in [0.2, 0.25) is 0 Å². The lowest BCUT2D eigenvalue weighted by Crippen LogP contribution is -2.31. The third-order valence-electron chi connectivity index (χ3n) is 2.47. The van der Waals surface area contributed by atoms with E-state index in [0.29, 0.717) is 12.2 Å². The molecule has 1 heterocycles. The van der Waals surface area contributed by atoms with Crippen molar-refractivity contribution in [1.29, 1.82) is 0 Å². The summed E-state index contributed by atoms with van der Waals surface area (Å²) in [5.74, 6) is 0.627. The van der Waals surface area contributed by atoms with Crippen LogP contribution in [-0.4, -0.2) is 30.9 Å². The smallest absolute Gasteiger partial charge is 0.177 e. The highest BCUT2D eigenvalue weighted by atomic mass is 16.3. The lowest BCUT2D eigenvalue weighted by molar-refractivity contribution is 0.0197. The predicted octanol–water partition coefficient (Wildman–Crippen LogP) is 1.08. The largest absolute Gasteiger partial charge is 0.389 e. The summed E-state index contributed by atoms with van der Waals surface area (Å²) in [5, 5.41) is 22.1.